The van der Waals surface area contributed by atoms with Crippen LogP contribution in [0.5, 0.6) is 0 Å². The zero-order valence-corrected chi connectivity index (χ0v) is 11.6. The number of aryl methyl sites for hydroxylation is 1. The van der Waals surface area contributed by atoms with Crippen molar-refractivity contribution in [3.05, 3.63) is 70.5 Å². The third-order valence-electron chi connectivity index (χ3n) is 3.87. The highest BCUT2D eigenvalue weighted by molar-refractivity contribution is 6.07. The van der Waals surface area contributed by atoms with E-state index < -0.39 is 0 Å². The van der Waals surface area contributed by atoms with Gasteiger partial charge >= 0.3 is 0 Å². The summed E-state index contributed by atoms with van der Waals surface area (Å²) in [7, 11) is 0. The number of hydrogen-bond donors (Lipinski definition) is 2. The van der Waals surface area contributed by atoms with E-state index in [1.54, 1.807) is 0 Å². The molecule has 21 heavy (non-hydrogen) atoms. The average Bonchev–Trinajstić information content (AvgIpc) is 2.87. The lowest BCUT2D eigenvalue weighted by Gasteiger charge is -2.03. The molecule has 0 fully saturated rings. The van der Waals surface area contributed by atoms with Crippen molar-refractivity contribution >= 4 is 21.8 Å². The van der Waals surface area contributed by atoms with E-state index in [-0.39, 0.29) is 5.56 Å². The summed E-state index contributed by atoms with van der Waals surface area (Å²) < 4.78 is 0. The summed E-state index contributed by atoms with van der Waals surface area (Å²) >= 11 is 0. The van der Waals surface area contributed by atoms with Crippen LogP contribution in [0.3, 0.4) is 0 Å². The maximum atomic E-state index is 12.3. The van der Waals surface area contributed by atoms with Gasteiger partial charge in [0.15, 0.2) is 0 Å². The van der Waals surface area contributed by atoms with Crippen LogP contribution < -0.4 is 5.56 Å². The Morgan fingerprint density at radius 2 is 1.62 bits per heavy atom. The summed E-state index contributed by atoms with van der Waals surface area (Å²) in [5.74, 6) is 0. The van der Waals surface area contributed by atoms with Crippen LogP contribution in [0.1, 0.15) is 5.56 Å². The van der Waals surface area contributed by atoms with Crippen LogP contribution in [-0.2, 0) is 0 Å². The number of aromatic amines is 2. The molecule has 4 aromatic rings. The summed E-state index contributed by atoms with van der Waals surface area (Å²) in [5, 5.41) is 2.04. The fraction of sp³-hybridized carbons (Fsp3) is 0.0556. The highest BCUT2D eigenvalue weighted by Gasteiger charge is 2.09. The van der Waals surface area contributed by atoms with Crippen molar-refractivity contribution in [2.75, 3.05) is 0 Å². The van der Waals surface area contributed by atoms with Gasteiger partial charge in [-0.3, -0.25) is 4.79 Å². The van der Waals surface area contributed by atoms with E-state index in [2.05, 4.69) is 16.9 Å². The Morgan fingerprint density at radius 3 is 2.43 bits per heavy atom. The Hall–Kier alpha value is -2.81. The Labute approximate surface area is 121 Å². The molecule has 0 saturated heterocycles. The maximum absolute atomic E-state index is 12.3. The van der Waals surface area contributed by atoms with Crippen molar-refractivity contribution in [3.63, 3.8) is 0 Å². The van der Waals surface area contributed by atoms with Gasteiger partial charge in [-0.15, -0.1) is 0 Å². The monoisotopic (exact) mass is 274 g/mol. The second kappa shape index (κ2) is 4.35. The molecule has 4 rings (SSSR count). The first-order valence-electron chi connectivity index (χ1n) is 6.93. The Morgan fingerprint density at radius 1 is 0.857 bits per heavy atom. The van der Waals surface area contributed by atoms with Crippen molar-refractivity contribution < 1.29 is 0 Å². The number of nitrogens with one attached hydrogen (secondary N) is 2. The van der Waals surface area contributed by atoms with Gasteiger partial charge in [0.2, 0.25) is 0 Å². The van der Waals surface area contributed by atoms with Crippen LogP contribution in [0.15, 0.2) is 59.4 Å². The van der Waals surface area contributed by atoms with Crippen molar-refractivity contribution in [1.29, 1.82) is 0 Å². The average molecular weight is 274 g/mol. The van der Waals surface area contributed by atoms with E-state index in [4.69, 9.17) is 0 Å². The predicted octanol–water partition coefficient (Wildman–Crippen LogP) is 3.98. The lowest BCUT2D eigenvalue weighted by molar-refractivity contribution is 1.26. The standard InChI is InChI=1S/C18H14N2O/c1-11-6-8-12(9-7-11)16-10-14-13-4-2-3-5-15(13)19-17(14)18(21)20-16/h2-10,19H,1H3,(H,20,21). The molecule has 0 radical (unpaired) electrons. The molecule has 2 heterocycles. The molecular formula is C18H14N2O. The Balaban J connectivity index is 2.05. The Kier molecular flexibility index (Phi) is 2.48. The van der Waals surface area contributed by atoms with Gasteiger partial charge in [0, 0.05) is 22.0 Å². The topological polar surface area (TPSA) is 48.6 Å². The molecule has 2 aromatic carbocycles. The fourth-order valence-corrected chi connectivity index (χ4v) is 2.75. The van der Waals surface area contributed by atoms with Gasteiger partial charge in [-0.1, -0.05) is 48.0 Å². The zero-order valence-electron chi connectivity index (χ0n) is 11.6. The number of fused-ring (bicyclic) bond motifs is 3. The molecule has 0 spiro atoms. The quantitative estimate of drug-likeness (QED) is 0.542. The largest absolute Gasteiger partial charge is 0.350 e. The molecule has 3 nitrogen and oxygen atoms in total. The smallest absolute Gasteiger partial charge is 0.272 e. The molecule has 0 amide bonds. The molecule has 0 saturated carbocycles. The zero-order chi connectivity index (χ0) is 14.4. The number of hydrogen-bond acceptors (Lipinski definition) is 1. The summed E-state index contributed by atoms with van der Waals surface area (Å²) in [5.41, 5.74) is 4.60. The maximum Gasteiger partial charge on any atom is 0.272 e. The van der Waals surface area contributed by atoms with Crippen molar-refractivity contribution in [3.8, 4) is 11.3 Å². The first kappa shape index (κ1) is 12.0. The van der Waals surface area contributed by atoms with Crippen LogP contribution in [0.25, 0.3) is 33.1 Å². The van der Waals surface area contributed by atoms with Crippen LogP contribution in [-0.4, -0.2) is 9.97 Å². The van der Waals surface area contributed by atoms with Crippen LogP contribution in [0.2, 0.25) is 0 Å². The third kappa shape index (κ3) is 1.86. The molecule has 0 aliphatic carbocycles. The van der Waals surface area contributed by atoms with Gasteiger partial charge in [0.1, 0.15) is 5.52 Å². The van der Waals surface area contributed by atoms with Crippen LogP contribution in [0, 0.1) is 6.92 Å². The van der Waals surface area contributed by atoms with Gasteiger partial charge in [0.05, 0.1) is 0 Å². The van der Waals surface area contributed by atoms with E-state index in [1.807, 2.05) is 54.6 Å². The van der Waals surface area contributed by atoms with Crippen molar-refractivity contribution in [2.24, 2.45) is 0 Å². The second-order valence-corrected chi connectivity index (χ2v) is 5.34. The molecule has 0 atom stereocenters. The van der Waals surface area contributed by atoms with E-state index in [0.717, 1.165) is 27.5 Å². The normalized spacial score (nSPS) is 11.3. The second-order valence-electron chi connectivity index (χ2n) is 5.34. The first-order valence-corrected chi connectivity index (χ1v) is 6.93. The minimum absolute atomic E-state index is 0.0840. The van der Waals surface area contributed by atoms with Gasteiger partial charge in [0.25, 0.3) is 5.56 Å². The molecular weight excluding hydrogens is 260 g/mol. The van der Waals surface area contributed by atoms with Crippen molar-refractivity contribution in [2.45, 2.75) is 6.92 Å². The molecule has 2 aromatic heterocycles. The van der Waals surface area contributed by atoms with E-state index in [0.29, 0.717) is 5.52 Å². The number of rotatable bonds is 1. The van der Waals surface area contributed by atoms with Gasteiger partial charge < -0.3 is 9.97 Å². The minimum atomic E-state index is -0.0840. The Bertz CT molecular complexity index is 1010. The number of aromatic nitrogens is 2. The minimum Gasteiger partial charge on any atom is -0.350 e. The lowest BCUT2D eigenvalue weighted by atomic mass is 10.1. The highest BCUT2D eigenvalue weighted by atomic mass is 16.1. The van der Waals surface area contributed by atoms with Gasteiger partial charge in [-0.05, 0) is 24.6 Å². The summed E-state index contributed by atoms with van der Waals surface area (Å²) in [6.45, 7) is 2.05. The molecule has 102 valence electrons. The van der Waals surface area contributed by atoms with E-state index >= 15 is 0 Å². The van der Waals surface area contributed by atoms with Crippen LogP contribution in [0.4, 0.5) is 0 Å². The number of para-hydroxylation sites is 1. The molecule has 3 heteroatoms. The van der Waals surface area contributed by atoms with E-state index in [1.165, 1.54) is 5.56 Å². The SMILES string of the molecule is Cc1ccc(-c2cc3c([nH]c4ccccc43)c(=O)[nH]2)cc1. The molecule has 0 unspecified atom stereocenters. The van der Waals surface area contributed by atoms with Gasteiger partial charge in [-0.2, -0.15) is 0 Å². The summed E-state index contributed by atoms with van der Waals surface area (Å²) in [6, 6.07) is 18.2. The van der Waals surface area contributed by atoms with Crippen molar-refractivity contribution in [1.82, 2.24) is 9.97 Å². The number of H-pyrrole nitrogens is 2. The molecule has 0 bridgehead atoms. The summed E-state index contributed by atoms with van der Waals surface area (Å²) in [6.07, 6.45) is 0. The highest BCUT2D eigenvalue weighted by Crippen LogP contribution is 2.26. The number of pyridine rings is 1. The molecule has 2 N–H and O–H groups in total. The van der Waals surface area contributed by atoms with Crippen LogP contribution >= 0.6 is 0 Å². The molecule has 0 aliphatic rings. The summed E-state index contributed by atoms with van der Waals surface area (Å²) in [4.78, 5) is 18.5. The van der Waals surface area contributed by atoms with E-state index in [9.17, 15) is 4.79 Å². The predicted molar refractivity (Wildman–Crippen MR) is 86.6 cm³/mol. The van der Waals surface area contributed by atoms with Gasteiger partial charge in [-0.25, -0.2) is 0 Å². The first-order chi connectivity index (χ1) is 10.2. The number of benzene rings is 2. The molecule has 0 aliphatic heterocycles. The fourth-order valence-electron chi connectivity index (χ4n) is 2.75. The third-order valence-corrected chi connectivity index (χ3v) is 3.87. The lowest BCUT2D eigenvalue weighted by Crippen LogP contribution is -2.06.